The van der Waals surface area contributed by atoms with Crippen LogP contribution in [0.5, 0.6) is 5.75 Å². The maximum Gasteiger partial charge on any atom is 0.450 e. The summed E-state index contributed by atoms with van der Waals surface area (Å²) in [6.07, 6.45) is -5.61. The second-order valence-corrected chi connectivity index (χ2v) is 3.49. The van der Waals surface area contributed by atoms with Gasteiger partial charge >= 0.3 is 6.18 Å². The fourth-order valence-electron chi connectivity index (χ4n) is 1.16. The second kappa shape index (κ2) is 4.74. The van der Waals surface area contributed by atoms with Crippen LogP contribution in [0, 0.1) is 0 Å². The highest BCUT2D eigenvalue weighted by Crippen LogP contribution is 2.26. The van der Waals surface area contributed by atoms with Crippen LogP contribution in [-0.2, 0) is 11.2 Å². The van der Waals surface area contributed by atoms with Gasteiger partial charge in [0.2, 0.25) is 5.78 Å². The van der Waals surface area contributed by atoms with Crippen molar-refractivity contribution in [3.8, 4) is 5.75 Å². The number of ether oxygens (including phenoxy) is 1. The van der Waals surface area contributed by atoms with Crippen molar-refractivity contribution in [1.29, 1.82) is 0 Å². The molecular formula is C10H8ClF3O2. The molecule has 0 heterocycles. The molecule has 1 aromatic carbocycles. The van der Waals surface area contributed by atoms with E-state index in [1.54, 1.807) is 0 Å². The monoisotopic (exact) mass is 252 g/mol. The first kappa shape index (κ1) is 12.8. The van der Waals surface area contributed by atoms with Gasteiger partial charge in [-0.15, -0.1) is 0 Å². The van der Waals surface area contributed by atoms with Crippen molar-refractivity contribution in [2.75, 3.05) is 7.11 Å². The molecule has 88 valence electrons. The van der Waals surface area contributed by atoms with E-state index in [0.29, 0.717) is 0 Å². The first-order valence-corrected chi connectivity index (χ1v) is 4.65. The Bertz CT molecular complexity index is 402. The number of hydrogen-bond acceptors (Lipinski definition) is 2. The number of benzene rings is 1. The number of carbonyl (C=O) groups is 1. The van der Waals surface area contributed by atoms with Crippen LogP contribution in [-0.4, -0.2) is 19.1 Å². The van der Waals surface area contributed by atoms with E-state index in [1.807, 2.05) is 0 Å². The summed E-state index contributed by atoms with van der Waals surface area (Å²) in [5.74, 6) is -1.62. The number of methoxy groups -OCH3 is 1. The van der Waals surface area contributed by atoms with Gasteiger partial charge < -0.3 is 4.74 Å². The largest absolute Gasteiger partial charge is 0.496 e. The van der Waals surface area contributed by atoms with E-state index in [2.05, 4.69) is 0 Å². The average molecular weight is 253 g/mol. The van der Waals surface area contributed by atoms with E-state index in [0.717, 1.165) is 0 Å². The third kappa shape index (κ3) is 3.13. The van der Waals surface area contributed by atoms with Crippen molar-refractivity contribution in [1.82, 2.24) is 0 Å². The summed E-state index contributed by atoms with van der Waals surface area (Å²) in [6.45, 7) is 0. The molecule has 1 rings (SSSR count). The van der Waals surface area contributed by atoms with E-state index in [4.69, 9.17) is 16.3 Å². The van der Waals surface area contributed by atoms with Crippen LogP contribution in [0.3, 0.4) is 0 Å². The van der Waals surface area contributed by atoms with Gasteiger partial charge in [0.05, 0.1) is 7.11 Å². The predicted octanol–water partition coefficient (Wildman–Crippen LogP) is 3.02. The van der Waals surface area contributed by atoms with Gasteiger partial charge in [-0.2, -0.15) is 13.2 Å². The molecule has 0 N–H and O–H groups in total. The van der Waals surface area contributed by atoms with Crippen molar-refractivity contribution in [3.63, 3.8) is 0 Å². The summed E-state index contributed by atoms with van der Waals surface area (Å²) in [5, 5.41) is 0.255. The van der Waals surface area contributed by atoms with Gasteiger partial charge in [-0.05, 0) is 18.2 Å². The standard InChI is InChI=1S/C10H8ClF3O2/c1-16-8-3-2-7(11)4-6(8)5-9(15)10(12,13)14/h2-4H,5H2,1H3. The predicted molar refractivity (Wildman–Crippen MR) is 52.8 cm³/mol. The van der Waals surface area contributed by atoms with E-state index < -0.39 is 18.4 Å². The minimum atomic E-state index is -4.84. The summed E-state index contributed by atoms with van der Waals surface area (Å²) in [4.78, 5) is 10.8. The number of alkyl halides is 3. The lowest BCUT2D eigenvalue weighted by atomic mass is 10.1. The Morgan fingerprint density at radius 2 is 2.06 bits per heavy atom. The van der Waals surface area contributed by atoms with E-state index in [9.17, 15) is 18.0 Å². The Balaban J connectivity index is 2.96. The number of carbonyl (C=O) groups excluding carboxylic acids is 1. The third-order valence-electron chi connectivity index (χ3n) is 1.91. The number of ketones is 1. The van der Waals surface area contributed by atoms with Crippen molar-refractivity contribution < 1.29 is 22.7 Å². The molecule has 0 atom stereocenters. The molecule has 0 fully saturated rings. The highest BCUT2D eigenvalue weighted by atomic mass is 35.5. The van der Waals surface area contributed by atoms with Gasteiger partial charge in [-0.3, -0.25) is 4.79 Å². The van der Waals surface area contributed by atoms with Crippen LogP contribution in [0.4, 0.5) is 13.2 Å². The quantitative estimate of drug-likeness (QED) is 0.827. The van der Waals surface area contributed by atoms with Crippen molar-refractivity contribution in [2.24, 2.45) is 0 Å². The lowest BCUT2D eigenvalue weighted by molar-refractivity contribution is -0.170. The molecule has 16 heavy (non-hydrogen) atoms. The van der Waals surface area contributed by atoms with Gasteiger partial charge in [0.15, 0.2) is 0 Å². The van der Waals surface area contributed by atoms with Gasteiger partial charge in [0.1, 0.15) is 5.75 Å². The van der Waals surface area contributed by atoms with E-state index in [-0.39, 0.29) is 16.3 Å². The normalized spacial score (nSPS) is 11.3. The Hall–Kier alpha value is -1.23. The van der Waals surface area contributed by atoms with E-state index in [1.165, 1.54) is 25.3 Å². The summed E-state index contributed by atoms with van der Waals surface area (Å²) >= 11 is 5.62. The highest BCUT2D eigenvalue weighted by Gasteiger charge is 2.38. The molecule has 0 amide bonds. The fraction of sp³-hybridized carbons (Fsp3) is 0.300. The number of hydrogen-bond donors (Lipinski definition) is 0. The van der Waals surface area contributed by atoms with E-state index >= 15 is 0 Å². The minimum Gasteiger partial charge on any atom is -0.496 e. The average Bonchev–Trinajstić information content (AvgIpc) is 2.16. The van der Waals surface area contributed by atoms with Gasteiger partial charge in [0.25, 0.3) is 0 Å². The first-order valence-electron chi connectivity index (χ1n) is 4.27. The van der Waals surface area contributed by atoms with Crippen LogP contribution < -0.4 is 4.74 Å². The molecule has 0 radical (unpaired) electrons. The Morgan fingerprint density at radius 1 is 1.44 bits per heavy atom. The van der Waals surface area contributed by atoms with Crippen LogP contribution in [0.15, 0.2) is 18.2 Å². The molecule has 2 nitrogen and oxygen atoms in total. The Kier molecular flexibility index (Phi) is 3.80. The molecule has 0 saturated carbocycles. The van der Waals surface area contributed by atoms with Gasteiger partial charge in [-0.25, -0.2) is 0 Å². The van der Waals surface area contributed by atoms with Gasteiger partial charge in [-0.1, -0.05) is 11.6 Å². The van der Waals surface area contributed by atoms with Crippen molar-refractivity contribution in [3.05, 3.63) is 28.8 Å². The van der Waals surface area contributed by atoms with Crippen LogP contribution in [0.2, 0.25) is 5.02 Å². The summed E-state index contributed by atoms with van der Waals surface area (Å²) < 4.78 is 41.0. The van der Waals surface area contributed by atoms with Crippen molar-refractivity contribution >= 4 is 17.4 Å². The first-order chi connectivity index (χ1) is 7.34. The van der Waals surface area contributed by atoms with Gasteiger partial charge in [0, 0.05) is 17.0 Å². The zero-order valence-electron chi connectivity index (χ0n) is 8.27. The van der Waals surface area contributed by atoms with Crippen LogP contribution >= 0.6 is 11.6 Å². The molecule has 6 heteroatoms. The molecular weight excluding hydrogens is 245 g/mol. The zero-order valence-corrected chi connectivity index (χ0v) is 9.02. The summed E-state index contributed by atoms with van der Waals surface area (Å²) in [7, 11) is 1.31. The maximum absolute atomic E-state index is 12.0. The molecule has 0 aliphatic rings. The maximum atomic E-state index is 12.0. The fourth-order valence-corrected chi connectivity index (χ4v) is 1.35. The second-order valence-electron chi connectivity index (χ2n) is 3.05. The SMILES string of the molecule is COc1ccc(Cl)cc1CC(=O)C(F)(F)F. The third-order valence-corrected chi connectivity index (χ3v) is 2.14. The lowest BCUT2D eigenvalue weighted by Gasteiger charge is -2.09. The molecule has 1 aromatic rings. The van der Waals surface area contributed by atoms with Crippen LogP contribution in [0.1, 0.15) is 5.56 Å². The molecule has 0 bridgehead atoms. The lowest BCUT2D eigenvalue weighted by Crippen LogP contribution is -2.24. The van der Waals surface area contributed by atoms with Crippen LogP contribution in [0.25, 0.3) is 0 Å². The topological polar surface area (TPSA) is 26.3 Å². The molecule has 0 spiro atoms. The number of rotatable bonds is 3. The molecule has 0 aliphatic heterocycles. The molecule has 0 unspecified atom stereocenters. The Morgan fingerprint density at radius 3 is 2.56 bits per heavy atom. The zero-order chi connectivity index (χ0) is 12.3. The summed E-state index contributed by atoms with van der Waals surface area (Å²) in [5.41, 5.74) is 0.123. The number of Topliss-reactive ketones (excluding diaryl/α,β-unsaturated/α-hetero) is 1. The highest BCUT2D eigenvalue weighted by molar-refractivity contribution is 6.30. The molecule has 0 aliphatic carbocycles. The smallest absolute Gasteiger partial charge is 0.450 e. The minimum absolute atomic E-state index is 0.123. The Labute approximate surface area is 95.0 Å². The van der Waals surface area contributed by atoms with Crippen molar-refractivity contribution in [2.45, 2.75) is 12.6 Å². The molecule has 0 saturated heterocycles. The number of halogens is 4. The summed E-state index contributed by atoms with van der Waals surface area (Å²) in [6, 6.07) is 4.17. The molecule has 0 aromatic heterocycles.